The van der Waals surface area contributed by atoms with E-state index in [9.17, 15) is 5.11 Å². The molecule has 1 aromatic rings. The van der Waals surface area contributed by atoms with Crippen LogP contribution in [0.15, 0.2) is 6.07 Å². The van der Waals surface area contributed by atoms with Crippen molar-refractivity contribution in [2.24, 2.45) is 5.73 Å². The van der Waals surface area contributed by atoms with E-state index in [4.69, 9.17) is 22.9 Å². The molecule has 4 nitrogen and oxygen atoms in total. The molecule has 0 spiro atoms. The highest BCUT2D eigenvalue weighted by molar-refractivity contribution is 7.80. The number of thiocarbonyl (C=S) groups is 1. The summed E-state index contributed by atoms with van der Waals surface area (Å²) in [6.45, 7) is 4.98. The van der Waals surface area contributed by atoms with Crippen LogP contribution in [0.5, 0.6) is 0 Å². The first-order valence-corrected chi connectivity index (χ1v) is 8.23. The number of nitrogens with zero attached hydrogens (tertiary/aromatic N) is 2. The molecule has 0 saturated heterocycles. The topological polar surface area (TPSA) is 62.4 Å². The summed E-state index contributed by atoms with van der Waals surface area (Å²) in [6.07, 6.45) is 5.24. The van der Waals surface area contributed by atoms with E-state index < -0.39 is 0 Å². The van der Waals surface area contributed by atoms with E-state index >= 15 is 0 Å². The van der Waals surface area contributed by atoms with Crippen molar-refractivity contribution < 1.29 is 5.11 Å². The quantitative estimate of drug-likeness (QED) is 0.756. The summed E-state index contributed by atoms with van der Waals surface area (Å²) in [5.74, 6) is 0.853. The average molecular weight is 307 g/mol. The van der Waals surface area contributed by atoms with Crippen molar-refractivity contribution >= 4 is 23.0 Å². The Bertz CT molecular complexity index is 514. The maximum Gasteiger partial charge on any atom is 0.139 e. The molecule has 116 valence electrons. The Hall–Kier alpha value is -1.20. The molecule has 1 aromatic heterocycles. The van der Waals surface area contributed by atoms with Crippen molar-refractivity contribution in [3.8, 4) is 0 Å². The van der Waals surface area contributed by atoms with Crippen LogP contribution in [-0.2, 0) is 12.8 Å². The molecule has 0 radical (unpaired) electrons. The van der Waals surface area contributed by atoms with Gasteiger partial charge in [-0.1, -0.05) is 26.1 Å². The van der Waals surface area contributed by atoms with Gasteiger partial charge < -0.3 is 15.7 Å². The fraction of sp³-hybridized carbons (Fsp3) is 0.625. The zero-order valence-corrected chi connectivity index (χ0v) is 13.7. The van der Waals surface area contributed by atoms with E-state index in [1.165, 1.54) is 11.3 Å². The molecule has 2 rings (SSSR count). The number of rotatable bonds is 7. The highest BCUT2D eigenvalue weighted by atomic mass is 32.1. The first-order valence-electron chi connectivity index (χ1n) is 7.82. The predicted octanol–water partition coefficient (Wildman–Crippen LogP) is 2.19. The molecule has 21 heavy (non-hydrogen) atoms. The summed E-state index contributed by atoms with van der Waals surface area (Å²) >= 11 is 5.23. The number of hydrogen-bond donors (Lipinski definition) is 2. The Balaban J connectivity index is 2.49. The Kier molecular flexibility index (Phi) is 5.53. The maximum absolute atomic E-state index is 9.43. The molecule has 1 heterocycles. The van der Waals surface area contributed by atoms with Crippen LogP contribution in [0, 0.1) is 0 Å². The Labute approximate surface area is 132 Å². The van der Waals surface area contributed by atoms with Crippen molar-refractivity contribution in [2.45, 2.75) is 52.0 Å². The summed E-state index contributed by atoms with van der Waals surface area (Å²) in [5.41, 5.74) is 9.22. The number of aliphatic hydroxyl groups is 1. The minimum Gasteiger partial charge on any atom is -0.395 e. The predicted molar refractivity (Wildman–Crippen MR) is 91.0 cm³/mol. The number of pyridine rings is 1. The van der Waals surface area contributed by atoms with Crippen LogP contribution >= 0.6 is 12.2 Å². The minimum atomic E-state index is 0.103. The molecule has 1 aliphatic rings. The Morgan fingerprint density at radius 1 is 1.43 bits per heavy atom. The number of anilines is 1. The van der Waals surface area contributed by atoms with Crippen molar-refractivity contribution in [2.75, 3.05) is 18.1 Å². The standard InChI is InChI=1S/C16H25N3OS/c1-3-12(4-2)19(8-9-20)16-13(15(17)21)10-11-6-5-7-14(11)18-16/h10,12,20H,3-9H2,1-2H3,(H2,17,21). The number of aryl methyl sites for hydroxylation is 2. The normalized spacial score (nSPS) is 13.5. The van der Waals surface area contributed by atoms with Gasteiger partial charge in [0, 0.05) is 18.3 Å². The summed E-state index contributed by atoms with van der Waals surface area (Å²) in [6, 6.07) is 2.46. The lowest BCUT2D eigenvalue weighted by Crippen LogP contribution is -2.39. The van der Waals surface area contributed by atoms with Gasteiger partial charge in [-0.2, -0.15) is 0 Å². The van der Waals surface area contributed by atoms with Crippen molar-refractivity contribution in [1.29, 1.82) is 0 Å². The maximum atomic E-state index is 9.43. The fourth-order valence-corrected chi connectivity index (χ4v) is 3.31. The first kappa shape index (κ1) is 16.2. The number of aliphatic hydroxyl groups excluding tert-OH is 1. The average Bonchev–Trinajstić information content (AvgIpc) is 2.93. The lowest BCUT2D eigenvalue weighted by Gasteiger charge is -2.33. The number of fused-ring (bicyclic) bond motifs is 1. The SMILES string of the molecule is CCC(CC)N(CCO)c1nc2c(cc1C(N)=S)CCC2. The van der Waals surface area contributed by atoms with Gasteiger partial charge >= 0.3 is 0 Å². The van der Waals surface area contributed by atoms with E-state index in [1.807, 2.05) is 0 Å². The van der Waals surface area contributed by atoms with E-state index in [2.05, 4.69) is 24.8 Å². The van der Waals surface area contributed by atoms with Gasteiger partial charge in [0.25, 0.3) is 0 Å². The van der Waals surface area contributed by atoms with E-state index in [0.717, 1.165) is 43.5 Å². The van der Waals surface area contributed by atoms with Crippen LogP contribution in [0.25, 0.3) is 0 Å². The molecule has 0 aromatic carbocycles. The molecule has 0 fully saturated rings. The third kappa shape index (κ3) is 3.35. The number of nitrogens with two attached hydrogens (primary N) is 1. The van der Waals surface area contributed by atoms with Gasteiger partial charge in [-0.15, -0.1) is 0 Å². The van der Waals surface area contributed by atoms with Crippen LogP contribution in [0.3, 0.4) is 0 Å². The molecule has 0 bridgehead atoms. The smallest absolute Gasteiger partial charge is 0.139 e. The van der Waals surface area contributed by atoms with E-state index in [-0.39, 0.29) is 6.61 Å². The molecular formula is C16H25N3OS. The van der Waals surface area contributed by atoms with Gasteiger partial charge in [-0.3, -0.25) is 0 Å². The van der Waals surface area contributed by atoms with Gasteiger partial charge in [0.05, 0.1) is 12.2 Å². The van der Waals surface area contributed by atoms with Crippen molar-refractivity contribution in [3.05, 3.63) is 22.9 Å². The molecule has 0 amide bonds. The van der Waals surface area contributed by atoms with Crippen LogP contribution in [0.1, 0.15) is 49.9 Å². The van der Waals surface area contributed by atoms with Crippen LogP contribution in [0.4, 0.5) is 5.82 Å². The van der Waals surface area contributed by atoms with Gasteiger partial charge in [0.1, 0.15) is 10.8 Å². The second kappa shape index (κ2) is 7.18. The molecule has 0 saturated carbocycles. The Morgan fingerprint density at radius 2 is 2.14 bits per heavy atom. The number of hydrogen-bond acceptors (Lipinski definition) is 4. The van der Waals surface area contributed by atoms with Gasteiger partial charge in [-0.05, 0) is 43.7 Å². The van der Waals surface area contributed by atoms with Gasteiger partial charge in [0.15, 0.2) is 0 Å². The second-order valence-corrected chi connectivity index (χ2v) is 6.01. The largest absolute Gasteiger partial charge is 0.395 e. The molecule has 3 N–H and O–H groups in total. The molecule has 0 unspecified atom stereocenters. The highest BCUT2D eigenvalue weighted by Gasteiger charge is 2.24. The summed E-state index contributed by atoms with van der Waals surface area (Å²) < 4.78 is 0. The lowest BCUT2D eigenvalue weighted by molar-refractivity contribution is 0.295. The molecule has 1 aliphatic carbocycles. The monoisotopic (exact) mass is 307 g/mol. The molecule has 0 atom stereocenters. The van der Waals surface area contributed by atoms with E-state index in [0.29, 0.717) is 17.6 Å². The van der Waals surface area contributed by atoms with Gasteiger partial charge in [0.2, 0.25) is 0 Å². The zero-order valence-electron chi connectivity index (χ0n) is 12.9. The third-order valence-corrected chi connectivity index (χ3v) is 4.51. The zero-order chi connectivity index (χ0) is 15.4. The van der Waals surface area contributed by atoms with E-state index in [1.54, 1.807) is 0 Å². The first-order chi connectivity index (χ1) is 10.1. The lowest BCUT2D eigenvalue weighted by atomic mass is 10.1. The second-order valence-electron chi connectivity index (χ2n) is 5.57. The fourth-order valence-electron chi connectivity index (χ4n) is 3.16. The summed E-state index contributed by atoms with van der Waals surface area (Å²) in [7, 11) is 0. The van der Waals surface area contributed by atoms with Crippen LogP contribution in [0.2, 0.25) is 0 Å². The van der Waals surface area contributed by atoms with Gasteiger partial charge in [-0.25, -0.2) is 4.98 Å². The van der Waals surface area contributed by atoms with Crippen LogP contribution in [-0.4, -0.2) is 34.3 Å². The minimum absolute atomic E-state index is 0.103. The van der Waals surface area contributed by atoms with Crippen molar-refractivity contribution in [1.82, 2.24) is 4.98 Å². The molecule has 5 heteroatoms. The number of aromatic nitrogens is 1. The summed E-state index contributed by atoms with van der Waals surface area (Å²) in [5, 5.41) is 9.43. The molecular weight excluding hydrogens is 282 g/mol. The van der Waals surface area contributed by atoms with Crippen LogP contribution < -0.4 is 10.6 Å². The van der Waals surface area contributed by atoms with Crippen molar-refractivity contribution in [3.63, 3.8) is 0 Å². The highest BCUT2D eigenvalue weighted by Crippen LogP contribution is 2.29. The Morgan fingerprint density at radius 3 is 2.71 bits per heavy atom. The summed E-state index contributed by atoms with van der Waals surface area (Å²) in [4.78, 5) is 7.42. The third-order valence-electron chi connectivity index (χ3n) is 4.29. The molecule has 0 aliphatic heterocycles.